The standard InChI is InChI=1S/C22H24FN3O3S/c23-17-11-12-19-18(14-17)21(28)26(15-16-8-4-3-5-9-16)22(24-19)30-13-7-2-1-6-10-20(27)25-29/h3-5,8-9,11-12,14,29H,1-2,6-7,10,13,15H2,(H,25,27). The third-order valence-corrected chi connectivity index (χ3v) is 5.78. The Hall–Kier alpha value is -2.71. The largest absolute Gasteiger partial charge is 0.289 e. The zero-order valence-electron chi connectivity index (χ0n) is 16.5. The molecule has 1 heterocycles. The summed E-state index contributed by atoms with van der Waals surface area (Å²) in [6.45, 7) is 0.373. The summed E-state index contributed by atoms with van der Waals surface area (Å²) in [6, 6.07) is 13.7. The Morgan fingerprint density at radius 3 is 2.63 bits per heavy atom. The number of amides is 1. The maximum atomic E-state index is 13.7. The molecule has 1 amide bonds. The highest BCUT2D eigenvalue weighted by molar-refractivity contribution is 7.99. The Kier molecular flexibility index (Phi) is 7.98. The number of carbonyl (C=O) groups excluding carboxylic acids is 1. The van der Waals surface area contributed by atoms with E-state index in [-0.39, 0.29) is 16.9 Å². The summed E-state index contributed by atoms with van der Waals surface area (Å²) in [4.78, 5) is 28.7. The summed E-state index contributed by atoms with van der Waals surface area (Å²) in [6.07, 6.45) is 3.76. The molecule has 0 aliphatic carbocycles. The normalized spacial score (nSPS) is 11.0. The highest BCUT2D eigenvalue weighted by Gasteiger charge is 2.13. The van der Waals surface area contributed by atoms with Crippen LogP contribution in [0.25, 0.3) is 10.9 Å². The van der Waals surface area contributed by atoms with E-state index in [0.29, 0.717) is 23.6 Å². The monoisotopic (exact) mass is 429 g/mol. The number of carbonyl (C=O) groups is 1. The zero-order chi connectivity index (χ0) is 21.3. The maximum absolute atomic E-state index is 13.7. The van der Waals surface area contributed by atoms with Crippen LogP contribution in [0.2, 0.25) is 0 Å². The van der Waals surface area contributed by atoms with Crippen LogP contribution < -0.4 is 11.0 Å². The van der Waals surface area contributed by atoms with Crippen molar-refractivity contribution >= 4 is 28.6 Å². The third kappa shape index (κ3) is 5.90. The molecular formula is C22H24FN3O3S. The van der Waals surface area contributed by atoms with Crippen molar-refractivity contribution in [1.82, 2.24) is 15.0 Å². The van der Waals surface area contributed by atoms with Crippen LogP contribution in [-0.2, 0) is 11.3 Å². The van der Waals surface area contributed by atoms with E-state index in [1.165, 1.54) is 30.0 Å². The predicted octanol–water partition coefficient (Wildman–Crippen LogP) is 4.13. The number of benzene rings is 2. The Labute approximate surface area is 178 Å². The predicted molar refractivity (Wildman–Crippen MR) is 115 cm³/mol. The topological polar surface area (TPSA) is 84.2 Å². The number of aromatic nitrogens is 2. The van der Waals surface area contributed by atoms with Crippen molar-refractivity contribution < 1.29 is 14.4 Å². The number of hydroxylamine groups is 1. The van der Waals surface area contributed by atoms with Crippen LogP contribution in [-0.4, -0.2) is 26.4 Å². The first-order valence-corrected chi connectivity index (χ1v) is 10.9. The number of thioether (sulfide) groups is 1. The Morgan fingerprint density at radius 1 is 1.10 bits per heavy atom. The van der Waals surface area contributed by atoms with Gasteiger partial charge in [-0.3, -0.25) is 19.4 Å². The number of hydrogen-bond donors (Lipinski definition) is 2. The number of fused-ring (bicyclic) bond motifs is 1. The number of nitrogens with zero attached hydrogens (tertiary/aromatic N) is 2. The second kappa shape index (κ2) is 10.9. The first kappa shape index (κ1) is 22.0. The van der Waals surface area contributed by atoms with E-state index in [1.54, 1.807) is 10.0 Å². The lowest BCUT2D eigenvalue weighted by Crippen LogP contribution is -2.24. The molecule has 8 heteroatoms. The molecule has 3 aromatic rings. The van der Waals surface area contributed by atoms with E-state index in [4.69, 9.17) is 5.21 Å². The third-order valence-electron chi connectivity index (χ3n) is 4.72. The molecule has 0 fully saturated rings. The molecule has 0 unspecified atom stereocenters. The molecule has 0 bridgehead atoms. The lowest BCUT2D eigenvalue weighted by Gasteiger charge is -2.13. The van der Waals surface area contributed by atoms with E-state index in [2.05, 4.69) is 4.98 Å². The molecule has 6 nitrogen and oxygen atoms in total. The van der Waals surface area contributed by atoms with Gasteiger partial charge in [0.2, 0.25) is 5.91 Å². The summed E-state index contributed by atoms with van der Waals surface area (Å²) in [7, 11) is 0. The average Bonchev–Trinajstić information content (AvgIpc) is 2.76. The van der Waals surface area contributed by atoms with Crippen molar-refractivity contribution in [2.45, 2.75) is 43.8 Å². The van der Waals surface area contributed by atoms with Gasteiger partial charge in [0.15, 0.2) is 5.16 Å². The molecule has 0 atom stereocenters. The number of rotatable bonds is 10. The molecule has 3 rings (SSSR count). The van der Waals surface area contributed by atoms with Gasteiger partial charge in [-0.2, -0.15) is 0 Å². The van der Waals surface area contributed by atoms with E-state index in [9.17, 15) is 14.0 Å². The Morgan fingerprint density at radius 2 is 1.87 bits per heavy atom. The van der Waals surface area contributed by atoms with Crippen molar-refractivity contribution in [3.8, 4) is 0 Å². The van der Waals surface area contributed by atoms with E-state index in [0.717, 1.165) is 37.0 Å². The number of halogens is 1. The fourth-order valence-electron chi connectivity index (χ4n) is 3.15. The van der Waals surface area contributed by atoms with Crippen LogP contribution in [0.5, 0.6) is 0 Å². The van der Waals surface area contributed by atoms with Crippen molar-refractivity contribution in [2.75, 3.05) is 5.75 Å². The Bertz CT molecular complexity index is 1060. The summed E-state index contributed by atoms with van der Waals surface area (Å²) in [5.41, 5.74) is 2.84. The van der Waals surface area contributed by atoms with Crippen molar-refractivity contribution in [3.63, 3.8) is 0 Å². The molecular weight excluding hydrogens is 405 g/mol. The van der Waals surface area contributed by atoms with Gasteiger partial charge in [-0.15, -0.1) is 0 Å². The molecule has 2 aromatic carbocycles. The van der Waals surface area contributed by atoms with Gasteiger partial charge in [0.1, 0.15) is 5.82 Å². The van der Waals surface area contributed by atoms with Gasteiger partial charge < -0.3 is 0 Å². The van der Waals surface area contributed by atoms with Gasteiger partial charge in [0.25, 0.3) is 5.56 Å². The SMILES string of the molecule is O=C(CCCCCCSc1nc2ccc(F)cc2c(=O)n1Cc1ccccc1)NO. The van der Waals surface area contributed by atoms with Crippen LogP contribution in [0, 0.1) is 5.82 Å². The summed E-state index contributed by atoms with van der Waals surface area (Å²) in [5.74, 6) is -0.0471. The number of hydrogen-bond acceptors (Lipinski definition) is 5. The van der Waals surface area contributed by atoms with Gasteiger partial charge >= 0.3 is 0 Å². The zero-order valence-corrected chi connectivity index (χ0v) is 17.3. The van der Waals surface area contributed by atoms with Crippen molar-refractivity contribution in [3.05, 3.63) is 70.3 Å². The number of unbranched alkanes of at least 4 members (excludes halogenated alkanes) is 3. The molecule has 0 spiro atoms. The van der Waals surface area contributed by atoms with Crippen LogP contribution in [0.3, 0.4) is 0 Å². The van der Waals surface area contributed by atoms with Crippen LogP contribution in [0.4, 0.5) is 4.39 Å². The molecule has 0 saturated carbocycles. The van der Waals surface area contributed by atoms with E-state index >= 15 is 0 Å². The highest BCUT2D eigenvalue weighted by atomic mass is 32.2. The fourth-order valence-corrected chi connectivity index (χ4v) is 4.15. The summed E-state index contributed by atoms with van der Waals surface area (Å²) in [5, 5.41) is 9.38. The molecule has 2 N–H and O–H groups in total. The van der Waals surface area contributed by atoms with E-state index < -0.39 is 5.82 Å². The first-order chi connectivity index (χ1) is 14.6. The molecule has 30 heavy (non-hydrogen) atoms. The van der Waals surface area contributed by atoms with Crippen molar-refractivity contribution in [2.24, 2.45) is 0 Å². The van der Waals surface area contributed by atoms with Gasteiger partial charge in [0, 0.05) is 12.2 Å². The molecule has 0 saturated heterocycles. The molecule has 0 radical (unpaired) electrons. The van der Waals surface area contributed by atoms with Gasteiger partial charge in [0.05, 0.1) is 17.4 Å². The van der Waals surface area contributed by atoms with Gasteiger partial charge in [-0.05, 0) is 36.6 Å². The van der Waals surface area contributed by atoms with Gasteiger partial charge in [-0.1, -0.05) is 54.9 Å². The average molecular weight is 430 g/mol. The first-order valence-electron chi connectivity index (χ1n) is 9.88. The minimum atomic E-state index is -0.456. The molecule has 0 aliphatic rings. The molecule has 1 aromatic heterocycles. The van der Waals surface area contributed by atoms with Crippen LogP contribution in [0.1, 0.15) is 37.7 Å². The quantitative estimate of drug-likeness (QED) is 0.166. The lowest BCUT2D eigenvalue weighted by molar-refractivity contribution is -0.129. The molecule has 158 valence electrons. The number of nitrogens with one attached hydrogen (secondary N) is 1. The minimum absolute atomic E-state index is 0.249. The maximum Gasteiger partial charge on any atom is 0.262 e. The fraction of sp³-hybridized carbons (Fsp3) is 0.318. The highest BCUT2D eigenvalue weighted by Crippen LogP contribution is 2.21. The minimum Gasteiger partial charge on any atom is -0.289 e. The summed E-state index contributed by atoms with van der Waals surface area (Å²) >= 11 is 1.51. The van der Waals surface area contributed by atoms with Gasteiger partial charge in [-0.25, -0.2) is 14.9 Å². The van der Waals surface area contributed by atoms with Crippen LogP contribution >= 0.6 is 11.8 Å². The summed E-state index contributed by atoms with van der Waals surface area (Å²) < 4.78 is 15.3. The second-order valence-corrected chi connectivity index (χ2v) is 8.04. The molecule has 0 aliphatic heterocycles. The van der Waals surface area contributed by atoms with E-state index in [1.807, 2.05) is 30.3 Å². The smallest absolute Gasteiger partial charge is 0.262 e. The van der Waals surface area contributed by atoms with Crippen LogP contribution in [0.15, 0.2) is 58.5 Å². The Balaban J connectivity index is 1.72. The lowest BCUT2D eigenvalue weighted by atomic mass is 10.1. The second-order valence-electron chi connectivity index (χ2n) is 6.98. The van der Waals surface area contributed by atoms with Crippen molar-refractivity contribution in [1.29, 1.82) is 0 Å².